The fraction of sp³-hybridized carbons (Fsp3) is 0.292. The Morgan fingerprint density at radius 3 is 2.29 bits per heavy atom. The standard InChI is InChI=1S/C24H25N5O5/c1-14(22-25-13-26-29-22)27-23(32)20(10-11-21(30)31)28-24(33)34-12-19-17-8-4-2-6-15(17)16-7-3-5-9-18(16)19/h2-9,13-14,19-20H,10-12H2,1H3,(H,27,32)(H,28,33)(H,30,31)(H,25,26,29). The van der Waals surface area contributed by atoms with E-state index in [1.165, 1.54) is 6.33 Å². The molecule has 0 aliphatic heterocycles. The van der Waals surface area contributed by atoms with Crippen LogP contribution in [-0.4, -0.2) is 50.9 Å². The lowest BCUT2D eigenvalue weighted by Gasteiger charge is -2.21. The number of carboxylic acid groups (broad SMARTS) is 1. The summed E-state index contributed by atoms with van der Waals surface area (Å²) < 4.78 is 5.50. The van der Waals surface area contributed by atoms with Crippen molar-refractivity contribution < 1.29 is 24.2 Å². The third kappa shape index (κ3) is 5.06. The van der Waals surface area contributed by atoms with Crippen molar-refractivity contribution in [2.75, 3.05) is 6.61 Å². The molecular weight excluding hydrogens is 438 g/mol. The van der Waals surface area contributed by atoms with Gasteiger partial charge in [-0.25, -0.2) is 9.78 Å². The molecule has 0 saturated heterocycles. The van der Waals surface area contributed by atoms with Crippen LogP contribution in [0.15, 0.2) is 54.9 Å². The highest BCUT2D eigenvalue weighted by Gasteiger charge is 2.30. The summed E-state index contributed by atoms with van der Waals surface area (Å²) in [5.41, 5.74) is 4.34. The highest BCUT2D eigenvalue weighted by Crippen LogP contribution is 2.44. The van der Waals surface area contributed by atoms with Crippen LogP contribution in [0.5, 0.6) is 0 Å². The summed E-state index contributed by atoms with van der Waals surface area (Å²) in [7, 11) is 0. The van der Waals surface area contributed by atoms with E-state index in [9.17, 15) is 14.4 Å². The van der Waals surface area contributed by atoms with Gasteiger partial charge in [-0.3, -0.25) is 14.7 Å². The zero-order valence-electron chi connectivity index (χ0n) is 18.5. The first kappa shape index (κ1) is 23.0. The van der Waals surface area contributed by atoms with Crippen LogP contribution in [0.4, 0.5) is 4.79 Å². The summed E-state index contributed by atoms with van der Waals surface area (Å²) in [6, 6.07) is 14.3. The van der Waals surface area contributed by atoms with Crippen LogP contribution < -0.4 is 10.6 Å². The van der Waals surface area contributed by atoms with E-state index in [0.717, 1.165) is 22.3 Å². The SMILES string of the molecule is CC(NC(=O)C(CCC(=O)O)NC(=O)OCC1c2ccccc2-c2ccccc21)c1ncn[nH]1. The predicted octanol–water partition coefficient (Wildman–Crippen LogP) is 2.75. The normalized spacial score (nSPS) is 13.9. The van der Waals surface area contributed by atoms with Crippen molar-refractivity contribution in [1.29, 1.82) is 0 Å². The van der Waals surface area contributed by atoms with Crippen molar-refractivity contribution in [2.24, 2.45) is 0 Å². The number of aromatic amines is 1. The zero-order chi connectivity index (χ0) is 24.1. The Bertz CT molecular complexity index is 1130. The second kappa shape index (κ2) is 10.2. The van der Waals surface area contributed by atoms with Gasteiger partial charge < -0.3 is 20.5 Å². The molecular formula is C24H25N5O5. The van der Waals surface area contributed by atoms with E-state index in [-0.39, 0.29) is 25.4 Å². The molecule has 4 rings (SSSR count). The Morgan fingerprint density at radius 1 is 1.06 bits per heavy atom. The third-order valence-electron chi connectivity index (χ3n) is 5.80. The van der Waals surface area contributed by atoms with E-state index in [2.05, 4.69) is 25.8 Å². The third-order valence-corrected chi connectivity index (χ3v) is 5.80. The molecule has 1 heterocycles. The molecule has 3 aromatic rings. The lowest BCUT2D eigenvalue weighted by atomic mass is 9.98. The first-order valence-electron chi connectivity index (χ1n) is 10.9. The Balaban J connectivity index is 1.41. The largest absolute Gasteiger partial charge is 0.481 e. The summed E-state index contributed by atoms with van der Waals surface area (Å²) in [5.74, 6) is -1.31. The number of hydrogen-bond acceptors (Lipinski definition) is 6. The van der Waals surface area contributed by atoms with Crippen LogP contribution in [0.25, 0.3) is 11.1 Å². The van der Waals surface area contributed by atoms with E-state index in [1.807, 2.05) is 48.5 Å². The number of fused-ring (bicyclic) bond motifs is 3. The number of alkyl carbamates (subject to hydrolysis) is 1. The summed E-state index contributed by atoms with van der Waals surface area (Å²) in [5, 5.41) is 20.7. The molecule has 4 N–H and O–H groups in total. The van der Waals surface area contributed by atoms with Gasteiger partial charge in [0.15, 0.2) is 0 Å². The minimum Gasteiger partial charge on any atom is -0.481 e. The number of carbonyl (C=O) groups is 3. The number of amides is 2. The Kier molecular flexibility index (Phi) is 6.86. The predicted molar refractivity (Wildman–Crippen MR) is 122 cm³/mol. The first-order chi connectivity index (χ1) is 16.4. The van der Waals surface area contributed by atoms with Crippen molar-refractivity contribution in [3.8, 4) is 11.1 Å². The summed E-state index contributed by atoms with van der Waals surface area (Å²) in [6.45, 7) is 1.78. The molecule has 1 aliphatic rings. The van der Waals surface area contributed by atoms with Crippen LogP contribution in [0, 0.1) is 0 Å². The molecule has 0 radical (unpaired) electrons. The van der Waals surface area contributed by atoms with Gasteiger partial charge >= 0.3 is 12.1 Å². The molecule has 0 saturated carbocycles. The fourth-order valence-corrected chi connectivity index (χ4v) is 4.12. The molecule has 0 fully saturated rings. The second-order valence-corrected chi connectivity index (χ2v) is 8.06. The van der Waals surface area contributed by atoms with Crippen LogP contribution in [0.1, 0.15) is 48.7 Å². The van der Waals surface area contributed by atoms with Gasteiger partial charge in [0, 0.05) is 12.3 Å². The van der Waals surface area contributed by atoms with Gasteiger partial charge in [0.05, 0.1) is 6.04 Å². The Labute approximate surface area is 195 Å². The van der Waals surface area contributed by atoms with Gasteiger partial charge in [0.1, 0.15) is 24.8 Å². The van der Waals surface area contributed by atoms with Gasteiger partial charge in [0.25, 0.3) is 0 Å². The number of nitrogens with one attached hydrogen (secondary N) is 3. The molecule has 2 unspecified atom stereocenters. The maximum absolute atomic E-state index is 12.7. The van der Waals surface area contributed by atoms with Crippen LogP contribution in [0.3, 0.4) is 0 Å². The molecule has 10 heteroatoms. The number of ether oxygens (including phenoxy) is 1. The zero-order valence-corrected chi connectivity index (χ0v) is 18.5. The van der Waals surface area contributed by atoms with Gasteiger partial charge in [-0.1, -0.05) is 48.5 Å². The number of hydrogen-bond donors (Lipinski definition) is 4. The highest BCUT2D eigenvalue weighted by atomic mass is 16.5. The minimum absolute atomic E-state index is 0.0849. The second-order valence-electron chi connectivity index (χ2n) is 8.06. The molecule has 34 heavy (non-hydrogen) atoms. The maximum atomic E-state index is 12.7. The van der Waals surface area contributed by atoms with Crippen LogP contribution >= 0.6 is 0 Å². The maximum Gasteiger partial charge on any atom is 0.407 e. The molecule has 1 aliphatic carbocycles. The number of carboxylic acids is 1. The summed E-state index contributed by atoms with van der Waals surface area (Å²) in [4.78, 5) is 40.4. The molecule has 2 amide bonds. The molecule has 2 aromatic carbocycles. The fourth-order valence-electron chi connectivity index (χ4n) is 4.12. The van der Waals surface area contributed by atoms with E-state index < -0.39 is 30.1 Å². The number of aliphatic carboxylic acids is 1. The van der Waals surface area contributed by atoms with Crippen LogP contribution in [0.2, 0.25) is 0 Å². The van der Waals surface area contributed by atoms with E-state index >= 15 is 0 Å². The number of H-pyrrole nitrogens is 1. The Hall–Kier alpha value is -4.21. The van der Waals surface area contributed by atoms with Crippen molar-refractivity contribution in [3.05, 3.63) is 71.8 Å². The summed E-state index contributed by atoms with van der Waals surface area (Å²) >= 11 is 0. The van der Waals surface area contributed by atoms with Crippen molar-refractivity contribution in [2.45, 2.75) is 37.8 Å². The molecule has 176 valence electrons. The lowest BCUT2D eigenvalue weighted by Crippen LogP contribution is -2.48. The van der Waals surface area contributed by atoms with Gasteiger partial charge in [-0.2, -0.15) is 5.10 Å². The molecule has 2 atom stereocenters. The molecule has 0 bridgehead atoms. The number of rotatable bonds is 9. The first-order valence-corrected chi connectivity index (χ1v) is 10.9. The van der Waals surface area contributed by atoms with Crippen molar-refractivity contribution in [3.63, 3.8) is 0 Å². The van der Waals surface area contributed by atoms with E-state index in [1.54, 1.807) is 6.92 Å². The van der Waals surface area contributed by atoms with Gasteiger partial charge in [0.2, 0.25) is 5.91 Å². The van der Waals surface area contributed by atoms with Crippen molar-refractivity contribution >= 4 is 18.0 Å². The number of carbonyl (C=O) groups excluding carboxylic acids is 2. The molecule has 0 spiro atoms. The molecule has 1 aromatic heterocycles. The van der Waals surface area contributed by atoms with Gasteiger partial charge in [-0.15, -0.1) is 0 Å². The number of benzene rings is 2. The summed E-state index contributed by atoms with van der Waals surface area (Å²) in [6.07, 6.45) is 0.140. The quantitative estimate of drug-likeness (QED) is 0.382. The monoisotopic (exact) mass is 463 g/mol. The highest BCUT2D eigenvalue weighted by molar-refractivity contribution is 5.86. The van der Waals surface area contributed by atoms with E-state index in [0.29, 0.717) is 5.82 Å². The Morgan fingerprint density at radius 2 is 1.71 bits per heavy atom. The van der Waals surface area contributed by atoms with Crippen molar-refractivity contribution in [1.82, 2.24) is 25.8 Å². The lowest BCUT2D eigenvalue weighted by molar-refractivity contribution is -0.137. The van der Waals surface area contributed by atoms with E-state index in [4.69, 9.17) is 9.84 Å². The number of nitrogens with zero attached hydrogens (tertiary/aromatic N) is 2. The average Bonchev–Trinajstić information content (AvgIpc) is 3.47. The van der Waals surface area contributed by atoms with Gasteiger partial charge in [-0.05, 0) is 35.6 Å². The molecule has 10 nitrogen and oxygen atoms in total. The van der Waals surface area contributed by atoms with Crippen LogP contribution in [-0.2, 0) is 14.3 Å². The topological polar surface area (TPSA) is 146 Å². The minimum atomic E-state index is -1.09. The smallest absolute Gasteiger partial charge is 0.407 e. The number of aromatic nitrogens is 3. The average molecular weight is 463 g/mol.